The highest BCUT2D eigenvalue weighted by molar-refractivity contribution is 7.89. The number of primary amides is 1. The lowest BCUT2D eigenvalue weighted by atomic mass is 9.88. The number of hydrogen-bond acceptors (Lipinski definition) is 4. The molecule has 0 saturated carbocycles. The summed E-state index contributed by atoms with van der Waals surface area (Å²) in [5.74, 6) is -1.73. The van der Waals surface area contributed by atoms with Crippen molar-refractivity contribution in [1.82, 2.24) is 4.72 Å². The smallest absolute Gasteiger partial charge is 0.310 e. The Bertz CT molecular complexity index is 639. The third kappa shape index (κ3) is 4.02. The van der Waals surface area contributed by atoms with Gasteiger partial charge < -0.3 is 10.8 Å². The number of rotatable bonds is 7. The van der Waals surface area contributed by atoms with Gasteiger partial charge in [0.25, 0.3) is 0 Å². The van der Waals surface area contributed by atoms with Crippen LogP contribution in [-0.2, 0) is 14.8 Å². The summed E-state index contributed by atoms with van der Waals surface area (Å²) < 4.78 is 26.4. The molecule has 8 heteroatoms. The minimum absolute atomic E-state index is 0.0589. The number of aliphatic carboxylic acids is 1. The molecule has 7 nitrogen and oxygen atoms in total. The second-order valence-corrected chi connectivity index (χ2v) is 6.70. The van der Waals surface area contributed by atoms with Gasteiger partial charge in [0.05, 0.1) is 10.3 Å². The third-order valence-corrected chi connectivity index (χ3v) is 4.82. The average molecular weight is 314 g/mol. The number of amides is 1. The van der Waals surface area contributed by atoms with Crippen molar-refractivity contribution in [2.24, 2.45) is 11.1 Å². The molecule has 0 aromatic heterocycles. The Kier molecular flexibility index (Phi) is 5.08. The van der Waals surface area contributed by atoms with E-state index in [1.807, 2.05) is 0 Å². The van der Waals surface area contributed by atoms with Gasteiger partial charge >= 0.3 is 5.97 Å². The molecule has 1 aromatic carbocycles. The molecule has 0 saturated heterocycles. The first-order valence-corrected chi connectivity index (χ1v) is 7.73. The van der Waals surface area contributed by atoms with Crippen molar-refractivity contribution < 1.29 is 23.1 Å². The van der Waals surface area contributed by atoms with Crippen molar-refractivity contribution in [2.75, 3.05) is 6.54 Å². The van der Waals surface area contributed by atoms with Crippen LogP contribution in [0.3, 0.4) is 0 Å². The standard InChI is InChI=1S/C13H18N2O5S/c1-3-13(2,12(17)18)8-15-21(19,20)10-6-4-9(5-7-10)11(14)16/h4-7,15H,3,8H2,1-2H3,(H2,14,16)(H,17,18). The van der Waals surface area contributed by atoms with Crippen molar-refractivity contribution in [1.29, 1.82) is 0 Å². The van der Waals surface area contributed by atoms with E-state index in [-0.39, 0.29) is 23.4 Å². The number of nitrogens with one attached hydrogen (secondary N) is 1. The number of carbonyl (C=O) groups excluding carboxylic acids is 1. The number of nitrogens with two attached hydrogens (primary N) is 1. The van der Waals surface area contributed by atoms with E-state index < -0.39 is 27.3 Å². The van der Waals surface area contributed by atoms with Crippen molar-refractivity contribution in [3.05, 3.63) is 29.8 Å². The molecular formula is C13H18N2O5S. The van der Waals surface area contributed by atoms with Gasteiger partial charge in [-0.2, -0.15) is 0 Å². The molecule has 1 atom stereocenters. The normalized spacial score (nSPS) is 14.4. The molecule has 0 aliphatic heterocycles. The summed E-state index contributed by atoms with van der Waals surface area (Å²) in [5, 5.41) is 9.11. The Balaban J connectivity index is 2.92. The van der Waals surface area contributed by atoms with E-state index in [0.717, 1.165) is 0 Å². The first kappa shape index (κ1) is 17.1. The summed E-state index contributed by atoms with van der Waals surface area (Å²) in [6.45, 7) is 2.91. The van der Waals surface area contributed by atoms with Crippen LogP contribution in [0.25, 0.3) is 0 Å². The lowest BCUT2D eigenvalue weighted by Crippen LogP contribution is -2.40. The SMILES string of the molecule is CCC(C)(CNS(=O)(=O)c1ccc(C(N)=O)cc1)C(=O)O. The molecule has 0 aliphatic carbocycles. The predicted molar refractivity (Wildman–Crippen MR) is 76.2 cm³/mol. The number of carboxylic acid groups (broad SMARTS) is 1. The van der Waals surface area contributed by atoms with Gasteiger partial charge in [-0.05, 0) is 37.6 Å². The molecule has 0 fully saturated rings. The van der Waals surface area contributed by atoms with E-state index in [1.54, 1.807) is 6.92 Å². The highest BCUT2D eigenvalue weighted by atomic mass is 32.2. The van der Waals surface area contributed by atoms with E-state index in [0.29, 0.717) is 0 Å². The van der Waals surface area contributed by atoms with E-state index in [9.17, 15) is 18.0 Å². The fourth-order valence-corrected chi connectivity index (χ4v) is 2.66. The first-order valence-electron chi connectivity index (χ1n) is 6.25. The largest absolute Gasteiger partial charge is 0.481 e. The molecule has 0 heterocycles. The number of hydrogen-bond donors (Lipinski definition) is 3. The lowest BCUT2D eigenvalue weighted by molar-refractivity contribution is -0.147. The van der Waals surface area contributed by atoms with E-state index in [4.69, 9.17) is 10.8 Å². The number of sulfonamides is 1. The van der Waals surface area contributed by atoms with Crippen LogP contribution in [0.15, 0.2) is 29.2 Å². The van der Waals surface area contributed by atoms with Crippen LogP contribution in [0.1, 0.15) is 30.6 Å². The fraction of sp³-hybridized carbons (Fsp3) is 0.385. The molecule has 116 valence electrons. The maximum absolute atomic E-state index is 12.1. The highest BCUT2D eigenvalue weighted by Gasteiger charge is 2.32. The Morgan fingerprint density at radius 2 is 1.81 bits per heavy atom. The van der Waals surface area contributed by atoms with Gasteiger partial charge in [-0.15, -0.1) is 0 Å². The van der Waals surface area contributed by atoms with Gasteiger partial charge in [0, 0.05) is 12.1 Å². The zero-order valence-electron chi connectivity index (χ0n) is 11.8. The van der Waals surface area contributed by atoms with Crippen LogP contribution >= 0.6 is 0 Å². The summed E-state index contributed by atoms with van der Waals surface area (Å²) >= 11 is 0. The molecule has 21 heavy (non-hydrogen) atoms. The number of carboxylic acids is 1. The van der Waals surface area contributed by atoms with Crippen molar-refractivity contribution in [3.8, 4) is 0 Å². The van der Waals surface area contributed by atoms with Gasteiger partial charge in [-0.3, -0.25) is 9.59 Å². The van der Waals surface area contributed by atoms with Gasteiger partial charge in [0.15, 0.2) is 0 Å². The molecule has 0 radical (unpaired) electrons. The van der Waals surface area contributed by atoms with Gasteiger partial charge in [-0.25, -0.2) is 13.1 Å². The number of benzene rings is 1. The topological polar surface area (TPSA) is 127 Å². The number of carbonyl (C=O) groups is 2. The second-order valence-electron chi connectivity index (χ2n) is 4.93. The zero-order valence-corrected chi connectivity index (χ0v) is 12.6. The molecule has 1 aromatic rings. The fourth-order valence-electron chi connectivity index (χ4n) is 1.49. The summed E-state index contributed by atoms with van der Waals surface area (Å²) in [5.41, 5.74) is 4.08. The maximum Gasteiger partial charge on any atom is 0.310 e. The molecule has 1 unspecified atom stereocenters. The molecule has 0 aliphatic rings. The zero-order chi connectivity index (χ0) is 16.3. The van der Waals surface area contributed by atoms with Crippen molar-refractivity contribution in [2.45, 2.75) is 25.2 Å². The third-order valence-electron chi connectivity index (χ3n) is 3.40. The molecule has 1 rings (SSSR count). The monoisotopic (exact) mass is 314 g/mol. The summed E-state index contributed by atoms with van der Waals surface area (Å²) in [7, 11) is -3.84. The van der Waals surface area contributed by atoms with Crippen LogP contribution in [0.2, 0.25) is 0 Å². The van der Waals surface area contributed by atoms with Crippen LogP contribution in [0, 0.1) is 5.41 Å². The van der Waals surface area contributed by atoms with Gasteiger partial charge in [0.1, 0.15) is 0 Å². The Labute approximate surface area is 123 Å². The maximum atomic E-state index is 12.1. The Hall–Kier alpha value is -1.93. The Morgan fingerprint density at radius 1 is 1.29 bits per heavy atom. The summed E-state index contributed by atoms with van der Waals surface area (Å²) in [6, 6.07) is 5.08. The van der Waals surface area contributed by atoms with Crippen LogP contribution in [0.5, 0.6) is 0 Å². The van der Waals surface area contributed by atoms with Crippen molar-refractivity contribution >= 4 is 21.9 Å². The van der Waals surface area contributed by atoms with E-state index in [1.165, 1.54) is 31.2 Å². The highest BCUT2D eigenvalue weighted by Crippen LogP contribution is 2.21. The minimum Gasteiger partial charge on any atom is -0.481 e. The molecule has 0 bridgehead atoms. The van der Waals surface area contributed by atoms with Gasteiger partial charge in [0.2, 0.25) is 15.9 Å². The average Bonchev–Trinajstić information content (AvgIpc) is 2.44. The molecular weight excluding hydrogens is 296 g/mol. The first-order chi connectivity index (χ1) is 9.62. The second kappa shape index (κ2) is 6.23. The Morgan fingerprint density at radius 3 is 2.19 bits per heavy atom. The van der Waals surface area contributed by atoms with Crippen LogP contribution in [0.4, 0.5) is 0 Å². The quantitative estimate of drug-likeness (QED) is 0.678. The lowest BCUT2D eigenvalue weighted by Gasteiger charge is -2.23. The molecule has 0 spiro atoms. The van der Waals surface area contributed by atoms with Crippen molar-refractivity contribution in [3.63, 3.8) is 0 Å². The van der Waals surface area contributed by atoms with Gasteiger partial charge in [-0.1, -0.05) is 6.92 Å². The van der Waals surface area contributed by atoms with E-state index >= 15 is 0 Å². The molecule has 1 amide bonds. The van der Waals surface area contributed by atoms with Crippen LogP contribution < -0.4 is 10.5 Å². The molecule has 4 N–H and O–H groups in total. The predicted octanol–water partition coefficient (Wildman–Crippen LogP) is 0.565. The van der Waals surface area contributed by atoms with E-state index in [2.05, 4.69) is 4.72 Å². The summed E-state index contributed by atoms with van der Waals surface area (Å²) in [4.78, 5) is 22.0. The minimum atomic E-state index is -3.84. The van der Waals surface area contributed by atoms with Crippen LogP contribution in [-0.4, -0.2) is 31.9 Å². The summed E-state index contributed by atoms with van der Waals surface area (Å²) in [6.07, 6.45) is 0.283.